The number of nitrogens with zero attached hydrogens (tertiary/aromatic N) is 4. The van der Waals surface area contributed by atoms with Gasteiger partial charge in [-0.05, 0) is 12.1 Å². The van der Waals surface area contributed by atoms with Crippen LogP contribution < -0.4 is 5.48 Å². The van der Waals surface area contributed by atoms with Gasteiger partial charge in [-0.25, -0.2) is 5.48 Å². The van der Waals surface area contributed by atoms with Crippen molar-refractivity contribution >= 4 is 5.91 Å². The quantitative estimate of drug-likeness (QED) is 0.849. The van der Waals surface area contributed by atoms with E-state index in [4.69, 9.17) is 4.84 Å². The molecule has 0 bridgehead atoms. The molecule has 0 spiro atoms. The summed E-state index contributed by atoms with van der Waals surface area (Å²) in [6.07, 6.45) is 3.18. The molecule has 7 heteroatoms. The first-order chi connectivity index (χ1) is 9.86. The van der Waals surface area contributed by atoms with Crippen molar-refractivity contribution in [2.75, 3.05) is 26.2 Å². The Morgan fingerprint density at radius 3 is 2.85 bits per heavy atom. The van der Waals surface area contributed by atoms with Crippen molar-refractivity contribution in [2.45, 2.75) is 0 Å². The van der Waals surface area contributed by atoms with Crippen LogP contribution in [0.1, 0.15) is 10.4 Å². The number of carbonyl (C=O) groups is 1. The van der Waals surface area contributed by atoms with E-state index in [0.29, 0.717) is 37.5 Å². The van der Waals surface area contributed by atoms with Gasteiger partial charge < -0.3 is 4.90 Å². The highest BCUT2D eigenvalue weighted by atomic mass is 16.6. The maximum atomic E-state index is 12.6. The summed E-state index contributed by atoms with van der Waals surface area (Å²) in [4.78, 5) is 21.0. The summed E-state index contributed by atoms with van der Waals surface area (Å²) < 4.78 is 0. The molecule has 2 aromatic rings. The molecule has 1 aromatic heterocycles. The van der Waals surface area contributed by atoms with E-state index in [9.17, 15) is 4.79 Å². The SMILES string of the molecule is O=C(c1ccccc1-n1nccn1)N1CCNOCC1. The molecule has 20 heavy (non-hydrogen) atoms. The number of nitrogens with one attached hydrogen (secondary N) is 1. The van der Waals surface area contributed by atoms with E-state index in [1.54, 1.807) is 23.4 Å². The van der Waals surface area contributed by atoms with Crippen LogP contribution in [-0.4, -0.2) is 52.0 Å². The standard InChI is InChI=1S/C13H15N5O2/c19-13(17-8-7-16-20-10-9-17)11-3-1-2-4-12(11)18-14-5-6-15-18/h1-6,16H,7-10H2. The van der Waals surface area contributed by atoms with Crippen molar-refractivity contribution in [1.29, 1.82) is 0 Å². The smallest absolute Gasteiger partial charge is 0.256 e. The Kier molecular flexibility index (Phi) is 3.71. The summed E-state index contributed by atoms with van der Waals surface area (Å²) in [7, 11) is 0. The third-order valence-electron chi connectivity index (χ3n) is 3.11. The van der Waals surface area contributed by atoms with E-state index < -0.39 is 0 Å². The predicted octanol–water partition coefficient (Wildman–Crippen LogP) is 0.244. The monoisotopic (exact) mass is 273 g/mol. The zero-order chi connectivity index (χ0) is 13.8. The van der Waals surface area contributed by atoms with Crippen molar-refractivity contribution in [1.82, 2.24) is 25.4 Å². The molecule has 1 N–H and O–H groups in total. The van der Waals surface area contributed by atoms with Crippen LogP contribution >= 0.6 is 0 Å². The van der Waals surface area contributed by atoms with Crippen LogP contribution in [0.15, 0.2) is 36.7 Å². The van der Waals surface area contributed by atoms with Crippen molar-refractivity contribution in [3.05, 3.63) is 42.2 Å². The average molecular weight is 273 g/mol. The molecule has 1 saturated heterocycles. The summed E-state index contributed by atoms with van der Waals surface area (Å²) in [5.41, 5.74) is 4.07. The Balaban J connectivity index is 1.91. The maximum absolute atomic E-state index is 12.6. The predicted molar refractivity (Wildman–Crippen MR) is 71.2 cm³/mol. The second-order valence-electron chi connectivity index (χ2n) is 4.37. The summed E-state index contributed by atoms with van der Waals surface area (Å²) in [6.45, 7) is 2.27. The normalized spacial score (nSPS) is 15.9. The second kappa shape index (κ2) is 5.81. The first-order valence-corrected chi connectivity index (χ1v) is 6.46. The fraction of sp³-hybridized carbons (Fsp3) is 0.308. The van der Waals surface area contributed by atoms with Gasteiger partial charge in [-0.15, -0.1) is 0 Å². The zero-order valence-corrected chi connectivity index (χ0v) is 10.9. The Morgan fingerprint density at radius 2 is 2.00 bits per heavy atom. The maximum Gasteiger partial charge on any atom is 0.256 e. The van der Waals surface area contributed by atoms with Crippen LogP contribution in [-0.2, 0) is 4.84 Å². The lowest BCUT2D eigenvalue weighted by atomic mass is 10.1. The van der Waals surface area contributed by atoms with Gasteiger partial charge in [0.25, 0.3) is 5.91 Å². The highest BCUT2D eigenvalue weighted by molar-refractivity contribution is 5.97. The Bertz CT molecular complexity index is 576. The van der Waals surface area contributed by atoms with Crippen LogP contribution in [0.2, 0.25) is 0 Å². The lowest BCUT2D eigenvalue weighted by Gasteiger charge is -2.20. The minimum atomic E-state index is -0.0369. The van der Waals surface area contributed by atoms with Gasteiger partial charge in [0.05, 0.1) is 30.3 Å². The van der Waals surface area contributed by atoms with Crippen molar-refractivity contribution in [2.24, 2.45) is 0 Å². The molecule has 0 saturated carbocycles. The number of aromatic nitrogens is 3. The minimum absolute atomic E-state index is 0.0369. The molecule has 1 amide bonds. The largest absolute Gasteiger partial charge is 0.335 e. The molecule has 7 nitrogen and oxygen atoms in total. The third kappa shape index (κ3) is 2.54. The lowest BCUT2D eigenvalue weighted by Crippen LogP contribution is -2.35. The highest BCUT2D eigenvalue weighted by Crippen LogP contribution is 2.15. The number of hydrogen-bond acceptors (Lipinski definition) is 5. The van der Waals surface area contributed by atoms with Crippen LogP contribution in [0.3, 0.4) is 0 Å². The molecule has 0 radical (unpaired) electrons. The van der Waals surface area contributed by atoms with Gasteiger partial charge >= 0.3 is 0 Å². The number of rotatable bonds is 2. The van der Waals surface area contributed by atoms with E-state index in [1.807, 2.05) is 18.2 Å². The van der Waals surface area contributed by atoms with Crippen molar-refractivity contribution in [3.63, 3.8) is 0 Å². The first kappa shape index (κ1) is 12.8. The van der Waals surface area contributed by atoms with Crippen molar-refractivity contribution in [3.8, 4) is 5.69 Å². The molecule has 0 aliphatic carbocycles. The van der Waals surface area contributed by atoms with Gasteiger partial charge in [0.1, 0.15) is 0 Å². The number of para-hydroxylation sites is 1. The number of carbonyl (C=O) groups excluding carboxylic acids is 1. The summed E-state index contributed by atoms with van der Waals surface area (Å²) in [5.74, 6) is -0.0369. The Labute approximate surface area is 116 Å². The van der Waals surface area contributed by atoms with Gasteiger partial charge in [0.2, 0.25) is 0 Å². The molecule has 0 unspecified atom stereocenters. The van der Waals surface area contributed by atoms with Gasteiger partial charge in [-0.1, -0.05) is 12.1 Å². The summed E-state index contributed by atoms with van der Waals surface area (Å²) >= 11 is 0. The lowest BCUT2D eigenvalue weighted by molar-refractivity contribution is 0.0522. The number of hydroxylamine groups is 1. The molecule has 104 valence electrons. The Morgan fingerprint density at radius 1 is 1.20 bits per heavy atom. The zero-order valence-electron chi connectivity index (χ0n) is 10.9. The molecular formula is C13H15N5O2. The van der Waals surface area contributed by atoms with Gasteiger partial charge in [-0.3, -0.25) is 9.63 Å². The number of amides is 1. The molecule has 2 heterocycles. The van der Waals surface area contributed by atoms with E-state index in [0.717, 1.165) is 0 Å². The average Bonchev–Trinajstić information content (AvgIpc) is 2.89. The van der Waals surface area contributed by atoms with Crippen LogP contribution in [0.4, 0.5) is 0 Å². The van der Waals surface area contributed by atoms with Gasteiger partial charge in [0, 0.05) is 19.6 Å². The summed E-state index contributed by atoms with van der Waals surface area (Å²) in [5, 5.41) is 8.18. The molecule has 1 fully saturated rings. The van der Waals surface area contributed by atoms with Gasteiger partial charge in [0.15, 0.2) is 0 Å². The van der Waals surface area contributed by atoms with E-state index in [-0.39, 0.29) is 5.91 Å². The van der Waals surface area contributed by atoms with Crippen LogP contribution in [0.5, 0.6) is 0 Å². The van der Waals surface area contributed by atoms with Crippen molar-refractivity contribution < 1.29 is 9.63 Å². The first-order valence-electron chi connectivity index (χ1n) is 6.46. The number of hydrogen-bond donors (Lipinski definition) is 1. The molecule has 1 aliphatic heterocycles. The molecule has 1 aliphatic rings. The van der Waals surface area contributed by atoms with Gasteiger partial charge in [-0.2, -0.15) is 15.0 Å². The van der Waals surface area contributed by atoms with E-state index in [2.05, 4.69) is 15.7 Å². The fourth-order valence-corrected chi connectivity index (χ4v) is 2.14. The summed E-state index contributed by atoms with van der Waals surface area (Å²) in [6, 6.07) is 7.33. The Hall–Kier alpha value is -2.25. The van der Waals surface area contributed by atoms with E-state index >= 15 is 0 Å². The molecule has 0 atom stereocenters. The molecular weight excluding hydrogens is 258 g/mol. The van der Waals surface area contributed by atoms with E-state index in [1.165, 1.54) is 4.80 Å². The topological polar surface area (TPSA) is 72.3 Å². The second-order valence-corrected chi connectivity index (χ2v) is 4.37. The number of benzene rings is 1. The minimum Gasteiger partial charge on any atom is -0.335 e. The highest BCUT2D eigenvalue weighted by Gasteiger charge is 2.21. The van der Waals surface area contributed by atoms with Crippen LogP contribution in [0, 0.1) is 0 Å². The molecule has 3 rings (SSSR count). The third-order valence-corrected chi connectivity index (χ3v) is 3.11. The molecule has 1 aromatic carbocycles. The fourth-order valence-electron chi connectivity index (χ4n) is 2.14. The van der Waals surface area contributed by atoms with Crippen LogP contribution in [0.25, 0.3) is 5.69 Å².